The highest BCUT2D eigenvalue weighted by atomic mass is 32.2. The summed E-state index contributed by atoms with van der Waals surface area (Å²) in [6.07, 6.45) is 7.82. The lowest BCUT2D eigenvalue weighted by atomic mass is 9.95. The van der Waals surface area contributed by atoms with Crippen LogP contribution in [0.3, 0.4) is 0 Å². The fourth-order valence-corrected chi connectivity index (χ4v) is 4.42. The van der Waals surface area contributed by atoms with Crippen molar-refractivity contribution in [3.8, 4) is 0 Å². The minimum Gasteiger partial charge on any atom is -0.353 e. The van der Waals surface area contributed by atoms with Gasteiger partial charge >= 0.3 is 0 Å². The molecule has 0 aliphatic heterocycles. The zero-order chi connectivity index (χ0) is 18.4. The third-order valence-electron chi connectivity index (χ3n) is 4.98. The fourth-order valence-electron chi connectivity index (χ4n) is 3.40. The summed E-state index contributed by atoms with van der Waals surface area (Å²) in [6, 6.07) is 5.96. The van der Waals surface area contributed by atoms with Gasteiger partial charge in [-0.25, -0.2) is 8.42 Å². The molecule has 0 spiro atoms. The van der Waals surface area contributed by atoms with Crippen LogP contribution in [0.5, 0.6) is 0 Å². The highest BCUT2D eigenvalue weighted by Crippen LogP contribution is 2.25. The summed E-state index contributed by atoms with van der Waals surface area (Å²) in [5.41, 5.74) is 2.72. The van der Waals surface area contributed by atoms with Crippen LogP contribution in [0.2, 0.25) is 0 Å². The average molecular weight is 367 g/mol. The van der Waals surface area contributed by atoms with E-state index in [1.807, 2.05) is 32.0 Å². The second-order valence-electron chi connectivity index (χ2n) is 7.06. The Hall–Kier alpha value is -1.56. The molecule has 1 amide bonds. The maximum absolute atomic E-state index is 12.2. The van der Waals surface area contributed by atoms with Crippen LogP contribution in [0.15, 0.2) is 18.2 Å². The van der Waals surface area contributed by atoms with Crippen LogP contribution in [-0.2, 0) is 14.8 Å². The van der Waals surface area contributed by atoms with Crippen molar-refractivity contribution in [1.29, 1.82) is 0 Å². The van der Waals surface area contributed by atoms with Gasteiger partial charge in [0.25, 0.3) is 0 Å². The number of rotatable bonds is 7. The van der Waals surface area contributed by atoms with E-state index in [4.69, 9.17) is 0 Å². The van der Waals surface area contributed by atoms with Gasteiger partial charge in [0.05, 0.1) is 11.9 Å². The number of sulfonamides is 1. The summed E-state index contributed by atoms with van der Waals surface area (Å²) in [5.74, 6) is 0.0290. The Balaban J connectivity index is 1.94. The highest BCUT2D eigenvalue weighted by molar-refractivity contribution is 7.92. The van der Waals surface area contributed by atoms with E-state index < -0.39 is 10.0 Å². The van der Waals surface area contributed by atoms with Crippen molar-refractivity contribution in [1.82, 2.24) is 5.32 Å². The van der Waals surface area contributed by atoms with Crippen LogP contribution in [0, 0.1) is 13.8 Å². The van der Waals surface area contributed by atoms with Gasteiger partial charge in [0, 0.05) is 19.0 Å². The molecule has 0 unspecified atom stereocenters. The summed E-state index contributed by atoms with van der Waals surface area (Å²) >= 11 is 0. The van der Waals surface area contributed by atoms with Crippen molar-refractivity contribution in [2.45, 2.75) is 64.8 Å². The van der Waals surface area contributed by atoms with E-state index in [-0.39, 0.29) is 5.91 Å². The van der Waals surface area contributed by atoms with Crippen LogP contribution in [0.4, 0.5) is 5.69 Å². The summed E-state index contributed by atoms with van der Waals surface area (Å²) in [5, 5.41) is 3.08. The molecule has 1 aromatic carbocycles. The Bertz CT molecular complexity index is 695. The van der Waals surface area contributed by atoms with Crippen LogP contribution in [0.25, 0.3) is 0 Å². The number of benzene rings is 1. The zero-order valence-corrected chi connectivity index (χ0v) is 16.4. The van der Waals surface area contributed by atoms with Gasteiger partial charge in [0.15, 0.2) is 0 Å². The molecule has 6 heteroatoms. The molecule has 2 rings (SSSR count). The van der Waals surface area contributed by atoms with E-state index in [2.05, 4.69) is 5.32 Å². The van der Waals surface area contributed by atoms with Crippen molar-refractivity contribution in [2.75, 3.05) is 17.1 Å². The van der Waals surface area contributed by atoms with Gasteiger partial charge < -0.3 is 5.32 Å². The summed E-state index contributed by atoms with van der Waals surface area (Å²) < 4.78 is 25.8. The van der Waals surface area contributed by atoms with E-state index in [0.717, 1.165) is 24.0 Å². The number of aryl methyl sites for hydroxylation is 1. The van der Waals surface area contributed by atoms with E-state index in [0.29, 0.717) is 31.1 Å². The molecule has 25 heavy (non-hydrogen) atoms. The first-order valence-electron chi connectivity index (χ1n) is 9.12. The molecule has 5 nitrogen and oxygen atoms in total. The minimum absolute atomic E-state index is 0.0290. The number of carbonyl (C=O) groups excluding carboxylic acids is 1. The third-order valence-corrected chi connectivity index (χ3v) is 6.16. The molecule has 1 aliphatic rings. The van der Waals surface area contributed by atoms with Crippen LogP contribution in [0.1, 0.15) is 56.1 Å². The second kappa shape index (κ2) is 8.70. The largest absolute Gasteiger partial charge is 0.353 e. The number of nitrogens with zero attached hydrogens (tertiary/aromatic N) is 1. The van der Waals surface area contributed by atoms with Crippen LogP contribution < -0.4 is 9.62 Å². The molecule has 1 saturated carbocycles. The Morgan fingerprint density at radius 3 is 2.52 bits per heavy atom. The lowest BCUT2D eigenvalue weighted by Crippen LogP contribution is -2.37. The van der Waals surface area contributed by atoms with Gasteiger partial charge in [0.2, 0.25) is 15.9 Å². The molecular weight excluding hydrogens is 336 g/mol. The molecule has 0 saturated heterocycles. The zero-order valence-electron chi connectivity index (χ0n) is 15.5. The van der Waals surface area contributed by atoms with Crippen molar-refractivity contribution in [3.63, 3.8) is 0 Å². The first-order valence-corrected chi connectivity index (χ1v) is 11.0. The van der Waals surface area contributed by atoms with E-state index >= 15 is 0 Å². The smallest absolute Gasteiger partial charge is 0.232 e. The van der Waals surface area contributed by atoms with Crippen LogP contribution >= 0.6 is 0 Å². The number of hydrogen-bond acceptors (Lipinski definition) is 3. The first-order chi connectivity index (χ1) is 11.8. The van der Waals surface area contributed by atoms with Crippen molar-refractivity contribution >= 4 is 21.6 Å². The normalized spacial score (nSPS) is 15.8. The second-order valence-corrected chi connectivity index (χ2v) is 8.97. The number of nitrogens with one attached hydrogen (secondary N) is 1. The molecule has 140 valence electrons. The number of anilines is 1. The fraction of sp³-hybridized carbons (Fsp3) is 0.632. The van der Waals surface area contributed by atoms with Crippen molar-refractivity contribution < 1.29 is 13.2 Å². The topological polar surface area (TPSA) is 66.5 Å². The number of amides is 1. The molecule has 1 N–H and O–H groups in total. The maximum Gasteiger partial charge on any atom is 0.232 e. The van der Waals surface area contributed by atoms with E-state index in [9.17, 15) is 13.2 Å². The Morgan fingerprint density at radius 2 is 1.88 bits per heavy atom. The maximum atomic E-state index is 12.2. The first kappa shape index (κ1) is 19.8. The molecule has 1 aromatic rings. The summed E-state index contributed by atoms with van der Waals surface area (Å²) in [6.45, 7) is 4.22. The lowest BCUT2D eigenvalue weighted by Gasteiger charge is -2.25. The molecule has 0 bridgehead atoms. The number of hydrogen-bond donors (Lipinski definition) is 1. The Labute approximate surface area is 151 Å². The van der Waals surface area contributed by atoms with Gasteiger partial charge in [-0.3, -0.25) is 9.10 Å². The Kier molecular flexibility index (Phi) is 6.87. The summed E-state index contributed by atoms with van der Waals surface area (Å²) in [4.78, 5) is 12.1. The molecule has 0 atom stereocenters. The lowest BCUT2D eigenvalue weighted by molar-refractivity contribution is -0.122. The SMILES string of the molecule is Cc1cccc(N(CCCC(=O)NC2CCCCC2)S(C)(=O)=O)c1C. The van der Waals surface area contributed by atoms with Crippen molar-refractivity contribution in [2.24, 2.45) is 0 Å². The molecule has 1 aliphatic carbocycles. The van der Waals surface area contributed by atoms with Gasteiger partial charge in [-0.05, 0) is 50.3 Å². The number of carbonyl (C=O) groups is 1. The quantitative estimate of drug-likeness (QED) is 0.805. The molecular formula is C19H30N2O3S. The standard InChI is InChI=1S/C19H30N2O3S/c1-15-9-7-12-18(16(15)2)21(25(3,23)24)14-8-13-19(22)20-17-10-5-4-6-11-17/h7,9,12,17H,4-6,8,10-11,13-14H2,1-3H3,(H,20,22). The predicted molar refractivity (Wildman–Crippen MR) is 102 cm³/mol. The molecule has 0 radical (unpaired) electrons. The molecule has 0 aromatic heterocycles. The van der Waals surface area contributed by atoms with Gasteiger partial charge in [-0.15, -0.1) is 0 Å². The average Bonchev–Trinajstić information content (AvgIpc) is 2.54. The van der Waals surface area contributed by atoms with Gasteiger partial charge in [-0.1, -0.05) is 31.4 Å². The van der Waals surface area contributed by atoms with Crippen LogP contribution in [-0.4, -0.2) is 33.2 Å². The molecule has 0 heterocycles. The highest BCUT2D eigenvalue weighted by Gasteiger charge is 2.20. The van der Waals surface area contributed by atoms with Gasteiger partial charge in [0.1, 0.15) is 0 Å². The summed E-state index contributed by atoms with van der Waals surface area (Å²) in [7, 11) is -3.38. The van der Waals surface area contributed by atoms with Gasteiger partial charge in [-0.2, -0.15) is 0 Å². The van der Waals surface area contributed by atoms with Crippen molar-refractivity contribution in [3.05, 3.63) is 29.3 Å². The molecule has 1 fully saturated rings. The minimum atomic E-state index is -3.38. The third kappa shape index (κ3) is 5.73. The van der Waals surface area contributed by atoms with E-state index in [1.165, 1.54) is 29.8 Å². The monoisotopic (exact) mass is 366 g/mol. The Morgan fingerprint density at radius 1 is 1.20 bits per heavy atom. The van der Waals surface area contributed by atoms with E-state index in [1.54, 1.807) is 0 Å². The predicted octanol–water partition coefficient (Wildman–Crippen LogP) is 3.30.